The minimum absolute atomic E-state index is 0.0331. The lowest BCUT2D eigenvalue weighted by Gasteiger charge is -2.20. The van der Waals surface area contributed by atoms with Crippen molar-refractivity contribution in [1.82, 2.24) is 0 Å². The Morgan fingerprint density at radius 3 is 2.75 bits per heavy atom. The van der Waals surface area contributed by atoms with Crippen LogP contribution < -0.4 is 5.73 Å². The third kappa shape index (κ3) is 2.72. The molecule has 0 aromatic rings. The molecule has 1 fully saturated rings. The summed E-state index contributed by atoms with van der Waals surface area (Å²) in [4.78, 5) is 0. The quantitative estimate of drug-likeness (QED) is 0.707. The highest BCUT2D eigenvalue weighted by molar-refractivity contribution is 4.91. The third-order valence-electron chi connectivity index (χ3n) is 2.27. The van der Waals surface area contributed by atoms with Crippen molar-refractivity contribution in [3.05, 3.63) is 0 Å². The molecule has 2 atom stereocenters. The van der Waals surface area contributed by atoms with Gasteiger partial charge in [0.15, 0.2) is 0 Å². The number of hydrogen-bond acceptors (Lipinski definition) is 2. The maximum atomic E-state index is 13.7. The monoisotopic (exact) mass is 175 g/mol. The third-order valence-corrected chi connectivity index (χ3v) is 2.27. The van der Waals surface area contributed by atoms with E-state index in [2.05, 4.69) is 0 Å². The first kappa shape index (κ1) is 9.93. The van der Waals surface area contributed by atoms with E-state index in [4.69, 9.17) is 10.5 Å². The molecule has 2 nitrogen and oxygen atoms in total. The standard InChI is InChI=1S/C9H18FNO/c1-7(2)12-6-9(10)4-3-8(11)5-9/h7-8H,3-6,11H2,1-2H3. The maximum Gasteiger partial charge on any atom is 0.135 e. The van der Waals surface area contributed by atoms with Gasteiger partial charge < -0.3 is 10.5 Å². The van der Waals surface area contributed by atoms with E-state index < -0.39 is 5.67 Å². The molecule has 72 valence electrons. The molecule has 0 aliphatic heterocycles. The fourth-order valence-electron chi connectivity index (χ4n) is 1.57. The summed E-state index contributed by atoms with van der Waals surface area (Å²) < 4.78 is 19.0. The van der Waals surface area contributed by atoms with E-state index in [1.807, 2.05) is 13.8 Å². The zero-order valence-corrected chi connectivity index (χ0v) is 7.85. The zero-order chi connectivity index (χ0) is 9.19. The van der Waals surface area contributed by atoms with Crippen molar-refractivity contribution in [2.75, 3.05) is 6.61 Å². The Bertz CT molecular complexity index is 151. The first-order valence-electron chi connectivity index (χ1n) is 4.58. The molecule has 1 rings (SSSR count). The first-order chi connectivity index (χ1) is 5.52. The molecule has 0 amide bonds. The predicted molar refractivity (Wildman–Crippen MR) is 46.8 cm³/mol. The zero-order valence-electron chi connectivity index (χ0n) is 7.85. The van der Waals surface area contributed by atoms with Gasteiger partial charge in [0.1, 0.15) is 5.67 Å². The van der Waals surface area contributed by atoms with Gasteiger partial charge in [-0.05, 0) is 33.1 Å². The molecular weight excluding hydrogens is 157 g/mol. The summed E-state index contributed by atoms with van der Waals surface area (Å²) in [6.07, 6.45) is 1.91. The SMILES string of the molecule is CC(C)OCC1(F)CCC(N)C1. The molecule has 1 saturated carbocycles. The van der Waals surface area contributed by atoms with Gasteiger partial charge in [0, 0.05) is 6.04 Å². The van der Waals surface area contributed by atoms with E-state index in [1.165, 1.54) is 0 Å². The van der Waals surface area contributed by atoms with Crippen molar-refractivity contribution < 1.29 is 9.13 Å². The van der Waals surface area contributed by atoms with Gasteiger partial charge in [-0.25, -0.2) is 4.39 Å². The molecule has 1 aliphatic carbocycles. The lowest BCUT2D eigenvalue weighted by atomic mass is 10.1. The second kappa shape index (κ2) is 3.71. The van der Waals surface area contributed by atoms with Crippen molar-refractivity contribution >= 4 is 0 Å². The molecule has 0 radical (unpaired) electrons. The van der Waals surface area contributed by atoms with Crippen LogP contribution in [-0.4, -0.2) is 24.4 Å². The Labute approximate surface area is 73.3 Å². The van der Waals surface area contributed by atoms with Crippen molar-refractivity contribution in [2.45, 2.75) is 50.9 Å². The van der Waals surface area contributed by atoms with Crippen LogP contribution in [0.4, 0.5) is 4.39 Å². The van der Waals surface area contributed by atoms with Crippen LogP contribution in [0, 0.1) is 0 Å². The minimum atomic E-state index is -1.15. The second-order valence-electron chi connectivity index (χ2n) is 4.01. The van der Waals surface area contributed by atoms with Crippen LogP contribution in [-0.2, 0) is 4.74 Å². The van der Waals surface area contributed by atoms with Crippen LogP contribution in [0.3, 0.4) is 0 Å². The van der Waals surface area contributed by atoms with E-state index in [-0.39, 0.29) is 18.8 Å². The van der Waals surface area contributed by atoms with Gasteiger partial charge in [0.2, 0.25) is 0 Å². The van der Waals surface area contributed by atoms with E-state index in [9.17, 15) is 4.39 Å². The number of alkyl halides is 1. The molecule has 1 aliphatic rings. The summed E-state index contributed by atoms with van der Waals surface area (Å²) in [6.45, 7) is 4.04. The van der Waals surface area contributed by atoms with E-state index >= 15 is 0 Å². The highest BCUT2D eigenvalue weighted by atomic mass is 19.1. The van der Waals surface area contributed by atoms with Gasteiger partial charge in [-0.3, -0.25) is 0 Å². The molecule has 0 saturated heterocycles. The number of rotatable bonds is 3. The molecule has 0 heterocycles. The van der Waals surface area contributed by atoms with Gasteiger partial charge in [-0.15, -0.1) is 0 Å². The van der Waals surface area contributed by atoms with Gasteiger partial charge in [-0.1, -0.05) is 0 Å². The average molecular weight is 175 g/mol. The van der Waals surface area contributed by atoms with Crippen molar-refractivity contribution in [1.29, 1.82) is 0 Å². The molecule has 0 aromatic carbocycles. The largest absolute Gasteiger partial charge is 0.375 e. The first-order valence-corrected chi connectivity index (χ1v) is 4.58. The Kier molecular flexibility index (Phi) is 3.07. The molecule has 2 N–H and O–H groups in total. The molecule has 12 heavy (non-hydrogen) atoms. The second-order valence-corrected chi connectivity index (χ2v) is 4.01. The molecular formula is C9H18FNO. The number of hydrogen-bond donors (Lipinski definition) is 1. The Morgan fingerprint density at radius 1 is 1.67 bits per heavy atom. The lowest BCUT2D eigenvalue weighted by Crippen LogP contribution is -2.30. The fourth-order valence-corrected chi connectivity index (χ4v) is 1.57. The summed E-state index contributed by atoms with van der Waals surface area (Å²) in [5.41, 5.74) is 4.47. The van der Waals surface area contributed by atoms with Crippen molar-refractivity contribution in [2.24, 2.45) is 5.73 Å². The fraction of sp³-hybridized carbons (Fsp3) is 1.00. The van der Waals surface area contributed by atoms with E-state index in [1.54, 1.807) is 0 Å². The van der Waals surface area contributed by atoms with Crippen LogP contribution in [0.1, 0.15) is 33.1 Å². The number of halogens is 1. The van der Waals surface area contributed by atoms with E-state index in [0.717, 1.165) is 6.42 Å². The molecule has 0 spiro atoms. The summed E-state index contributed by atoms with van der Waals surface area (Å²) in [6, 6.07) is 0.0331. The number of nitrogens with two attached hydrogens (primary N) is 1. The summed E-state index contributed by atoms with van der Waals surface area (Å²) in [5, 5.41) is 0. The number of ether oxygens (including phenoxy) is 1. The maximum absolute atomic E-state index is 13.7. The van der Waals surface area contributed by atoms with Gasteiger partial charge in [-0.2, -0.15) is 0 Å². The van der Waals surface area contributed by atoms with Gasteiger partial charge in [0.25, 0.3) is 0 Å². The minimum Gasteiger partial charge on any atom is -0.375 e. The topological polar surface area (TPSA) is 35.2 Å². The van der Waals surface area contributed by atoms with Crippen molar-refractivity contribution in [3.63, 3.8) is 0 Å². The molecule has 0 bridgehead atoms. The Morgan fingerprint density at radius 2 is 2.33 bits per heavy atom. The lowest BCUT2D eigenvalue weighted by molar-refractivity contribution is -0.0113. The summed E-state index contributed by atoms with van der Waals surface area (Å²) >= 11 is 0. The van der Waals surface area contributed by atoms with Crippen LogP contribution in [0.25, 0.3) is 0 Å². The van der Waals surface area contributed by atoms with Crippen LogP contribution >= 0.6 is 0 Å². The molecule has 3 heteroatoms. The smallest absolute Gasteiger partial charge is 0.135 e. The normalized spacial score (nSPS) is 36.2. The highest BCUT2D eigenvalue weighted by Crippen LogP contribution is 2.33. The molecule has 0 aromatic heterocycles. The Balaban J connectivity index is 2.30. The predicted octanol–water partition coefficient (Wildman–Crippen LogP) is 1.63. The van der Waals surface area contributed by atoms with Crippen LogP contribution in [0.2, 0.25) is 0 Å². The highest BCUT2D eigenvalue weighted by Gasteiger charge is 2.38. The average Bonchev–Trinajstić information content (AvgIpc) is 2.29. The Hall–Kier alpha value is -0.150. The van der Waals surface area contributed by atoms with Crippen LogP contribution in [0.5, 0.6) is 0 Å². The van der Waals surface area contributed by atoms with E-state index in [0.29, 0.717) is 12.8 Å². The van der Waals surface area contributed by atoms with Gasteiger partial charge >= 0.3 is 0 Å². The van der Waals surface area contributed by atoms with Crippen molar-refractivity contribution in [3.8, 4) is 0 Å². The van der Waals surface area contributed by atoms with Gasteiger partial charge in [0.05, 0.1) is 12.7 Å². The summed E-state index contributed by atoms with van der Waals surface area (Å²) in [7, 11) is 0. The summed E-state index contributed by atoms with van der Waals surface area (Å²) in [5.74, 6) is 0. The molecule has 2 unspecified atom stereocenters. The van der Waals surface area contributed by atoms with Crippen LogP contribution in [0.15, 0.2) is 0 Å².